The monoisotopic (exact) mass is 375 g/mol. The summed E-state index contributed by atoms with van der Waals surface area (Å²) in [4.78, 5) is 12.5. The lowest BCUT2D eigenvalue weighted by atomic mass is 10.1. The van der Waals surface area contributed by atoms with Crippen molar-refractivity contribution < 1.29 is 9.18 Å². The van der Waals surface area contributed by atoms with Gasteiger partial charge in [-0.1, -0.05) is 23.4 Å². The highest BCUT2D eigenvalue weighted by molar-refractivity contribution is 8.00. The van der Waals surface area contributed by atoms with Gasteiger partial charge in [-0.3, -0.25) is 4.79 Å². The number of nitrogens with zero attached hydrogens (tertiary/aromatic N) is 3. The van der Waals surface area contributed by atoms with Crippen LogP contribution in [0.2, 0.25) is 5.02 Å². The lowest BCUT2D eigenvalue weighted by molar-refractivity contribution is 0.0994. The third-order valence-electron chi connectivity index (χ3n) is 3.72. The average Bonchev–Trinajstić information content (AvgIpc) is 2.96. The van der Waals surface area contributed by atoms with Crippen LogP contribution in [0.15, 0.2) is 53.7 Å². The van der Waals surface area contributed by atoms with E-state index in [1.54, 1.807) is 19.1 Å². The van der Waals surface area contributed by atoms with Crippen molar-refractivity contribution in [1.29, 1.82) is 0 Å². The van der Waals surface area contributed by atoms with Crippen molar-refractivity contribution in [2.45, 2.75) is 17.3 Å². The second kappa shape index (κ2) is 7.37. The Kier molecular flexibility index (Phi) is 5.20. The molecule has 0 radical (unpaired) electrons. The van der Waals surface area contributed by atoms with Crippen LogP contribution in [0.1, 0.15) is 17.3 Å². The van der Waals surface area contributed by atoms with Crippen molar-refractivity contribution in [2.24, 2.45) is 7.05 Å². The second-order valence-electron chi connectivity index (χ2n) is 5.50. The first kappa shape index (κ1) is 17.6. The van der Waals surface area contributed by atoms with Crippen molar-refractivity contribution >= 4 is 29.1 Å². The number of rotatable bonds is 5. The van der Waals surface area contributed by atoms with Crippen LogP contribution in [-0.2, 0) is 7.05 Å². The van der Waals surface area contributed by atoms with Gasteiger partial charge in [-0.15, -0.1) is 10.2 Å². The van der Waals surface area contributed by atoms with Gasteiger partial charge >= 0.3 is 0 Å². The number of halogens is 2. The highest BCUT2D eigenvalue weighted by Crippen LogP contribution is 2.27. The Labute approximate surface area is 154 Å². The van der Waals surface area contributed by atoms with Gasteiger partial charge in [-0.05, 0) is 55.5 Å². The third kappa shape index (κ3) is 3.91. The van der Waals surface area contributed by atoms with Gasteiger partial charge in [0.15, 0.2) is 16.8 Å². The van der Waals surface area contributed by atoms with Crippen LogP contribution in [0.4, 0.5) is 4.39 Å². The highest BCUT2D eigenvalue weighted by Gasteiger charge is 2.20. The molecule has 0 aliphatic carbocycles. The van der Waals surface area contributed by atoms with Crippen molar-refractivity contribution in [2.75, 3.05) is 0 Å². The van der Waals surface area contributed by atoms with Crippen LogP contribution in [0.25, 0.3) is 11.4 Å². The summed E-state index contributed by atoms with van der Waals surface area (Å²) >= 11 is 7.22. The molecule has 0 fully saturated rings. The topological polar surface area (TPSA) is 47.8 Å². The normalized spacial score (nSPS) is 12.2. The predicted octanol–water partition coefficient (Wildman–Crippen LogP) is 4.64. The molecule has 2 aromatic carbocycles. The van der Waals surface area contributed by atoms with Crippen molar-refractivity contribution in [3.63, 3.8) is 0 Å². The van der Waals surface area contributed by atoms with E-state index in [9.17, 15) is 9.18 Å². The predicted molar refractivity (Wildman–Crippen MR) is 97.5 cm³/mol. The molecule has 0 saturated carbocycles. The SMILES string of the molecule is C[C@H](Sc1nnc(-c2ccc(Cl)cc2)n1C)C(=O)c1ccc(F)cc1. The van der Waals surface area contributed by atoms with Gasteiger partial charge in [0, 0.05) is 23.2 Å². The summed E-state index contributed by atoms with van der Waals surface area (Å²) in [5, 5.41) is 9.29. The molecule has 0 spiro atoms. The first-order valence-corrected chi connectivity index (χ1v) is 8.83. The smallest absolute Gasteiger partial charge is 0.191 e. The van der Waals surface area contributed by atoms with E-state index in [4.69, 9.17) is 11.6 Å². The quantitative estimate of drug-likeness (QED) is 0.481. The zero-order valence-corrected chi connectivity index (χ0v) is 15.2. The zero-order valence-electron chi connectivity index (χ0n) is 13.6. The molecule has 3 aromatic rings. The van der Waals surface area contributed by atoms with Gasteiger partial charge in [0.1, 0.15) is 5.82 Å². The molecule has 1 atom stereocenters. The summed E-state index contributed by atoms with van der Waals surface area (Å²) in [6, 6.07) is 12.9. The number of carbonyl (C=O) groups is 1. The van der Waals surface area contributed by atoms with E-state index in [0.29, 0.717) is 21.6 Å². The molecule has 0 amide bonds. The van der Waals surface area contributed by atoms with Gasteiger partial charge in [-0.25, -0.2) is 4.39 Å². The summed E-state index contributed by atoms with van der Waals surface area (Å²) in [6.45, 7) is 1.80. The van der Waals surface area contributed by atoms with Crippen molar-refractivity contribution in [3.8, 4) is 11.4 Å². The molecule has 1 heterocycles. The number of Topliss-reactive ketones (excluding diaryl/α,β-unsaturated/α-hetero) is 1. The van der Waals surface area contributed by atoms with Gasteiger partial charge in [0.05, 0.1) is 5.25 Å². The van der Waals surface area contributed by atoms with E-state index in [-0.39, 0.29) is 16.9 Å². The zero-order chi connectivity index (χ0) is 18.0. The summed E-state index contributed by atoms with van der Waals surface area (Å²) in [7, 11) is 1.85. The largest absolute Gasteiger partial charge is 0.305 e. The minimum Gasteiger partial charge on any atom is -0.305 e. The van der Waals surface area contributed by atoms with Crippen LogP contribution in [0.5, 0.6) is 0 Å². The maximum atomic E-state index is 13.0. The lowest BCUT2D eigenvalue weighted by Crippen LogP contribution is -2.14. The van der Waals surface area contributed by atoms with Gasteiger partial charge < -0.3 is 4.57 Å². The lowest BCUT2D eigenvalue weighted by Gasteiger charge is -2.10. The molecule has 25 heavy (non-hydrogen) atoms. The van der Waals surface area contributed by atoms with E-state index in [2.05, 4.69) is 10.2 Å². The molecule has 128 valence electrons. The molecule has 0 unspecified atom stereocenters. The van der Waals surface area contributed by atoms with Crippen LogP contribution in [0.3, 0.4) is 0 Å². The molecule has 0 aliphatic heterocycles. The number of ketones is 1. The fourth-order valence-corrected chi connectivity index (χ4v) is 3.35. The molecule has 4 nitrogen and oxygen atoms in total. The Bertz CT molecular complexity index is 894. The van der Waals surface area contributed by atoms with E-state index >= 15 is 0 Å². The van der Waals surface area contributed by atoms with Gasteiger partial charge in [-0.2, -0.15) is 0 Å². The summed E-state index contributed by atoms with van der Waals surface area (Å²) < 4.78 is 14.8. The van der Waals surface area contributed by atoms with Gasteiger partial charge in [0.25, 0.3) is 0 Å². The first-order chi connectivity index (χ1) is 12.0. The number of aromatic nitrogens is 3. The Morgan fingerprint density at radius 3 is 2.40 bits per heavy atom. The molecule has 3 rings (SSSR count). The number of benzene rings is 2. The molecule has 0 bridgehead atoms. The number of hydrogen-bond acceptors (Lipinski definition) is 4. The van der Waals surface area contributed by atoms with Crippen LogP contribution in [0, 0.1) is 5.82 Å². The molecule has 1 aromatic heterocycles. The third-order valence-corrected chi connectivity index (χ3v) is 5.10. The maximum Gasteiger partial charge on any atom is 0.191 e. The van der Waals surface area contributed by atoms with E-state index in [1.807, 2.05) is 23.7 Å². The Balaban J connectivity index is 1.78. The molecule has 0 aliphatic rings. The fourth-order valence-electron chi connectivity index (χ4n) is 2.33. The Morgan fingerprint density at radius 1 is 1.12 bits per heavy atom. The molecule has 0 saturated heterocycles. The molecule has 0 N–H and O–H groups in total. The first-order valence-electron chi connectivity index (χ1n) is 7.57. The van der Waals surface area contributed by atoms with Crippen LogP contribution < -0.4 is 0 Å². The number of carbonyl (C=O) groups excluding carboxylic acids is 1. The van der Waals surface area contributed by atoms with Crippen LogP contribution in [-0.4, -0.2) is 25.8 Å². The number of thioether (sulfide) groups is 1. The van der Waals surface area contributed by atoms with Crippen molar-refractivity contribution in [1.82, 2.24) is 14.8 Å². The minimum absolute atomic E-state index is 0.0824. The molecular formula is C18H15ClFN3OS. The average molecular weight is 376 g/mol. The highest BCUT2D eigenvalue weighted by atomic mass is 35.5. The van der Waals surface area contributed by atoms with Gasteiger partial charge in [0.2, 0.25) is 0 Å². The van der Waals surface area contributed by atoms with Crippen LogP contribution >= 0.6 is 23.4 Å². The van der Waals surface area contributed by atoms with Crippen molar-refractivity contribution in [3.05, 3.63) is 64.9 Å². The second-order valence-corrected chi connectivity index (χ2v) is 7.25. The fraction of sp³-hybridized carbons (Fsp3) is 0.167. The standard InChI is InChI=1S/C18H15ClFN3OS/c1-11(16(24)12-5-9-15(20)10-6-12)25-18-22-21-17(23(18)2)13-3-7-14(19)8-4-13/h3-11H,1-2H3/t11-/m0/s1. The van der Waals surface area contributed by atoms with E-state index in [0.717, 1.165) is 5.56 Å². The van der Waals surface area contributed by atoms with E-state index < -0.39 is 0 Å². The molecular weight excluding hydrogens is 361 g/mol. The summed E-state index contributed by atoms with van der Waals surface area (Å²) in [5.74, 6) is 0.249. The summed E-state index contributed by atoms with van der Waals surface area (Å²) in [5.41, 5.74) is 1.37. The Hall–Kier alpha value is -2.18. The molecule has 7 heteroatoms. The summed E-state index contributed by atoms with van der Waals surface area (Å²) in [6.07, 6.45) is 0. The number of hydrogen-bond donors (Lipinski definition) is 0. The van der Waals surface area contributed by atoms with E-state index in [1.165, 1.54) is 36.0 Å². The minimum atomic E-state index is -0.369. The Morgan fingerprint density at radius 2 is 1.76 bits per heavy atom. The maximum absolute atomic E-state index is 13.0.